The average Bonchev–Trinajstić information content (AvgIpc) is 2.56. The van der Waals surface area contributed by atoms with Crippen LogP contribution in [0.5, 0.6) is 0 Å². The molecule has 1 nitrogen and oxygen atoms in total. The van der Waals surface area contributed by atoms with Gasteiger partial charge in [0.15, 0.2) is 0 Å². The van der Waals surface area contributed by atoms with Crippen LogP contribution in [0.1, 0.15) is 30.4 Å². The van der Waals surface area contributed by atoms with Gasteiger partial charge in [0, 0.05) is 6.54 Å². The van der Waals surface area contributed by atoms with Crippen molar-refractivity contribution < 1.29 is 0 Å². The van der Waals surface area contributed by atoms with Crippen LogP contribution >= 0.6 is 0 Å². The molecule has 2 aromatic carbocycles. The lowest BCUT2D eigenvalue weighted by Crippen LogP contribution is -2.31. The molecule has 0 bridgehead atoms. The largest absolute Gasteiger partial charge is 0.303 e. The van der Waals surface area contributed by atoms with Crippen LogP contribution in [0.15, 0.2) is 48.5 Å². The molecule has 0 spiro atoms. The van der Waals surface area contributed by atoms with Crippen molar-refractivity contribution in [1.82, 2.24) is 4.90 Å². The smallest absolute Gasteiger partial charge is 0.00219 e. The second-order valence-corrected chi connectivity index (χ2v) is 6.16. The molecule has 1 fully saturated rings. The highest BCUT2D eigenvalue weighted by Crippen LogP contribution is 2.23. The number of hydrogen-bond acceptors (Lipinski definition) is 1. The van der Waals surface area contributed by atoms with E-state index in [1.165, 1.54) is 67.6 Å². The molecule has 0 unspecified atom stereocenters. The van der Waals surface area contributed by atoms with E-state index < -0.39 is 0 Å². The van der Waals surface area contributed by atoms with Gasteiger partial charge in [-0.05, 0) is 61.5 Å². The van der Waals surface area contributed by atoms with Crippen molar-refractivity contribution in [2.75, 3.05) is 19.6 Å². The summed E-state index contributed by atoms with van der Waals surface area (Å²) < 4.78 is 0. The minimum absolute atomic E-state index is 1.17. The van der Waals surface area contributed by atoms with Crippen molar-refractivity contribution in [3.63, 3.8) is 0 Å². The Balaban J connectivity index is 1.72. The van der Waals surface area contributed by atoms with Gasteiger partial charge in [-0.25, -0.2) is 0 Å². The van der Waals surface area contributed by atoms with E-state index in [9.17, 15) is 0 Å². The Hall–Kier alpha value is -1.60. The summed E-state index contributed by atoms with van der Waals surface area (Å²) in [6.07, 6.45) is 5.34. The van der Waals surface area contributed by atoms with Crippen molar-refractivity contribution >= 4 is 0 Å². The van der Waals surface area contributed by atoms with E-state index in [1.807, 2.05) is 0 Å². The van der Waals surface area contributed by atoms with Crippen molar-refractivity contribution in [2.45, 2.75) is 32.6 Å². The summed E-state index contributed by atoms with van der Waals surface area (Å²) in [5.41, 5.74) is 5.58. The number of piperidine rings is 1. The molecule has 0 aromatic heterocycles. The zero-order valence-corrected chi connectivity index (χ0v) is 13.0. The van der Waals surface area contributed by atoms with Gasteiger partial charge >= 0.3 is 0 Å². The highest BCUT2D eigenvalue weighted by Gasteiger charge is 2.10. The summed E-state index contributed by atoms with van der Waals surface area (Å²) >= 11 is 0. The van der Waals surface area contributed by atoms with Gasteiger partial charge in [-0.3, -0.25) is 0 Å². The maximum absolute atomic E-state index is 2.62. The van der Waals surface area contributed by atoms with E-state index in [0.29, 0.717) is 0 Å². The highest BCUT2D eigenvalue weighted by molar-refractivity contribution is 5.64. The third-order valence-electron chi connectivity index (χ3n) is 4.60. The number of rotatable bonds is 4. The summed E-state index contributed by atoms with van der Waals surface area (Å²) in [5, 5.41) is 0. The van der Waals surface area contributed by atoms with E-state index >= 15 is 0 Å². The normalized spacial score (nSPS) is 16.0. The van der Waals surface area contributed by atoms with Crippen LogP contribution in [0.25, 0.3) is 11.1 Å². The number of nitrogens with zero attached hydrogens (tertiary/aromatic N) is 1. The van der Waals surface area contributed by atoms with Crippen LogP contribution in [0.2, 0.25) is 0 Å². The van der Waals surface area contributed by atoms with Gasteiger partial charge in [-0.1, -0.05) is 55.0 Å². The van der Waals surface area contributed by atoms with Crippen LogP contribution in [0.3, 0.4) is 0 Å². The Morgan fingerprint density at radius 3 is 2.38 bits per heavy atom. The molecule has 21 heavy (non-hydrogen) atoms. The molecule has 0 radical (unpaired) electrons. The molecular weight excluding hydrogens is 254 g/mol. The Morgan fingerprint density at radius 1 is 0.857 bits per heavy atom. The first-order valence-corrected chi connectivity index (χ1v) is 8.20. The standard InChI is InChI=1S/C20H25N/c1-17-10-11-20(18-8-4-2-5-9-18)16-19(17)12-15-21-13-6-3-7-14-21/h2,4-5,8-11,16H,3,6-7,12-15H2,1H3. The molecule has 0 aliphatic carbocycles. The third kappa shape index (κ3) is 3.74. The molecule has 0 atom stereocenters. The molecule has 1 saturated heterocycles. The van der Waals surface area contributed by atoms with Crippen molar-refractivity contribution in [3.05, 3.63) is 59.7 Å². The molecule has 0 N–H and O–H groups in total. The Bertz CT molecular complexity index is 568. The SMILES string of the molecule is Cc1ccc(-c2ccccc2)cc1CCN1CCCCC1. The summed E-state index contributed by atoms with van der Waals surface area (Å²) in [4.78, 5) is 2.62. The summed E-state index contributed by atoms with van der Waals surface area (Å²) in [5.74, 6) is 0. The van der Waals surface area contributed by atoms with Gasteiger partial charge in [0.25, 0.3) is 0 Å². The molecule has 0 amide bonds. The number of benzene rings is 2. The Morgan fingerprint density at radius 2 is 1.62 bits per heavy atom. The molecule has 3 rings (SSSR count). The first-order chi connectivity index (χ1) is 10.3. The highest BCUT2D eigenvalue weighted by atomic mass is 15.1. The molecule has 0 saturated carbocycles. The molecular formula is C20H25N. The average molecular weight is 279 g/mol. The zero-order chi connectivity index (χ0) is 14.5. The molecule has 1 aliphatic heterocycles. The van der Waals surface area contributed by atoms with E-state index in [1.54, 1.807) is 0 Å². The quantitative estimate of drug-likeness (QED) is 0.784. The van der Waals surface area contributed by atoms with Gasteiger partial charge < -0.3 is 4.90 Å². The Labute approximate surface area is 128 Å². The molecule has 1 heteroatoms. The monoisotopic (exact) mass is 279 g/mol. The lowest BCUT2D eigenvalue weighted by atomic mass is 9.97. The second-order valence-electron chi connectivity index (χ2n) is 6.16. The predicted octanol–water partition coefficient (Wildman–Crippen LogP) is 4.69. The molecule has 2 aromatic rings. The van der Waals surface area contributed by atoms with Crippen molar-refractivity contribution in [3.8, 4) is 11.1 Å². The van der Waals surface area contributed by atoms with E-state index in [-0.39, 0.29) is 0 Å². The predicted molar refractivity (Wildman–Crippen MR) is 90.6 cm³/mol. The Kier molecular flexibility index (Phi) is 4.72. The molecule has 1 aliphatic rings. The first-order valence-electron chi connectivity index (χ1n) is 8.20. The van der Waals surface area contributed by atoms with Crippen molar-refractivity contribution in [1.29, 1.82) is 0 Å². The number of aryl methyl sites for hydroxylation is 1. The summed E-state index contributed by atoms with van der Waals surface area (Å²) in [6.45, 7) is 6.02. The molecule has 1 heterocycles. The van der Waals surface area contributed by atoms with Crippen LogP contribution in [0, 0.1) is 6.92 Å². The van der Waals surface area contributed by atoms with Crippen LogP contribution in [0.4, 0.5) is 0 Å². The minimum atomic E-state index is 1.17. The van der Waals surface area contributed by atoms with Gasteiger partial charge in [-0.15, -0.1) is 0 Å². The minimum Gasteiger partial charge on any atom is -0.303 e. The summed E-state index contributed by atoms with van der Waals surface area (Å²) in [7, 11) is 0. The zero-order valence-electron chi connectivity index (χ0n) is 13.0. The fourth-order valence-electron chi connectivity index (χ4n) is 3.21. The van der Waals surface area contributed by atoms with Gasteiger partial charge in [0.05, 0.1) is 0 Å². The maximum Gasteiger partial charge on any atom is 0.00219 e. The second kappa shape index (κ2) is 6.91. The summed E-state index contributed by atoms with van der Waals surface area (Å²) in [6, 6.07) is 17.6. The lowest BCUT2D eigenvalue weighted by molar-refractivity contribution is 0.231. The fourth-order valence-corrected chi connectivity index (χ4v) is 3.21. The lowest BCUT2D eigenvalue weighted by Gasteiger charge is -2.26. The molecule has 110 valence electrons. The van der Waals surface area contributed by atoms with Gasteiger partial charge in [-0.2, -0.15) is 0 Å². The van der Waals surface area contributed by atoms with Gasteiger partial charge in [0.2, 0.25) is 0 Å². The number of hydrogen-bond donors (Lipinski definition) is 0. The third-order valence-corrected chi connectivity index (χ3v) is 4.60. The van der Waals surface area contributed by atoms with E-state index in [4.69, 9.17) is 0 Å². The van der Waals surface area contributed by atoms with Crippen LogP contribution in [-0.2, 0) is 6.42 Å². The fraction of sp³-hybridized carbons (Fsp3) is 0.400. The van der Waals surface area contributed by atoms with Crippen LogP contribution < -0.4 is 0 Å². The van der Waals surface area contributed by atoms with Crippen molar-refractivity contribution in [2.24, 2.45) is 0 Å². The van der Waals surface area contributed by atoms with Crippen LogP contribution in [-0.4, -0.2) is 24.5 Å². The van der Waals surface area contributed by atoms with E-state index in [2.05, 4.69) is 60.4 Å². The van der Waals surface area contributed by atoms with Gasteiger partial charge in [0.1, 0.15) is 0 Å². The maximum atomic E-state index is 2.62. The first kappa shape index (κ1) is 14.3. The topological polar surface area (TPSA) is 3.24 Å². The number of likely N-dealkylation sites (tertiary alicyclic amines) is 1. The van der Waals surface area contributed by atoms with E-state index in [0.717, 1.165) is 0 Å².